The second kappa shape index (κ2) is 7.49. The molecule has 1 atom stereocenters. The first-order chi connectivity index (χ1) is 7.51. The minimum absolute atomic E-state index is 0.149. The van der Waals surface area contributed by atoms with Crippen molar-refractivity contribution in [3.05, 3.63) is 24.3 Å². The molecule has 0 saturated carbocycles. The van der Waals surface area contributed by atoms with Crippen LogP contribution in [0.3, 0.4) is 0 Å². The summed E-state index contributed by atoms with van der Waals surface area (Å²) < 4.78 is 43.0. The Morgan fingerprint density at radius 1 is 1.50 bits per heavy atom. The lowest BCUT2D eigenvalue weighted by Gasteiger charge is -2.30. The highest BCUT2D eigenvalue weighted by molar-refractivity contribution is 5.19. The maximum absolute atomic E-state index is 13.0. The average molecular weight is 236 g/mol. The Labute approximate surface area is 95.0 Å². The van der Waals surface area contributed by atoms with Crippen LogP contribution >= 0.6 is 0 Å². The molecular formula is C12H19F3O. The average Bonchev–Trinajstić information content (AvgIpc) is 2.21. The molecule has 0 fully saturated rings. The van der Waals surface area contributed by atoms with Gasteiger partial charge in [0.2, 0.25) is 0 Å². The fourth-order valence-electron chi connectivity index (χ4n) is 1.33. The lowest BCUT2D eigenvalue weighted by atomic mass is 9.82. The summed E-state index contributed by atoms with van der Waals surface area (Å²) in [6.07, 6.45) is 0.603. The molecule has 1 nitrogen and oxygen atoms in total. The SMILES string of the molecule is C=C(C)C(/C=C/C)(COCCCF)C(F)F. The van der Waals surface area contributed by atoms with Gasteiger partial charge in [-0.1, -0.05) is 24.3 Å². The Kier molecular flexibility index (Phi) is 7.13. The van der Waals surface area contributed by atoms with Crippen molar-refractivity contribution in [1.82, 2.24) is 0 Å². The summed E-state index contributed by atoms with van der Waals surface area (Å²) in [4.78, 5) is 0. The van der Waals surface area contributed by atoms with Crippen molar-refractivity contribution in [2.45, 2.75) is 26.7 Å². The van der Waals surface area contributed by atoms with E-state index >= 15 is 0 Å². The molecule has 0 aliphatic rings. The highest BCUT2D eigenvalue weighted by Gasteiger charge is 2.38. The molecule has 0 N–H and O–H groups in total. The van der Waals surface area contributed by atoms with Crippen molar-refractivity contribution in [1.29, 1.82) is 0 Å². The normalized spacial score (nSPS) is 15.6. The van der Waals surface area contributed by atoms with Gasteiger partial charge in [0.25, 0.3) is 6.43 Å². The summed E-state index contributed by atoms with van der Waals surface area (Å²) in [6, 6.07) is 0. The van der Waals surface area contributed by atoms with Gasteiger partial charge >= 0.3 is 0 Å². The van der Waals surface area contributed by atoms with E-state index in [0.29, 0.717) is 5.57 Å². The van der Waals surface area contributed by atoms with Crippen molar-refractivity contribution < 1.29 is 17.9 Å². The molecule has 0 amide bonds. The van der Waals surface area contributed by atoms with E-state index in [4.69, 9.17) is 4.74 Å². The van der Waals surface area contributed by atoms with Crippen LogP contribution in [0.15, 0.2) is 24.3 Å². The first kappa shape index (κ1) is 15.2. The molecule has 1 unspecified atom stereocenters. The first-order valence-corrected chi connectivity index (χ1v) is 5.23. The summed E-state index contributed by atoms with van der Waals surface area (Å²) in [5, 5.41) is 0. The Hall–Kier alpha value is -0.770. The summed E-state index contributed by atoms with van der Waals surface area (Å²) in [5.74, 6) is 0. The van der Waals surface area contributed by atoms with E-state index in [0.717, 1.165) is 0 Å². The third-order valence-electron chi connectivity index (χ3n) is 2.41. The molecule has 94 valence electrons. The fourth-order valence-corrected chi connectivity index (χ4v) is 1.33. The van der Waals surface area contributed by atoms with E-state index in [1.807, 2.05) is 0 Å². The number of hydrogen-bond donors (Lipinski definition) is 0. The summed E-state index contributed by atoms with van der Waals surface area (Å²) in [7, 11) is 0. The zero-order valence-electron chi connectivity index (χ0n) is 9.81. The maximum atomic E-state index is 13.0. The number of ether oxygens (including phenoxy) is 1. The largest absolute Gasteiger partial charge is 0.380 e. The zero-order valence-corrected chi connectivity index (χ0v) is 9.81. The summed E-state index contributed by atoms with van der Waals surface area (Å²) in [5.41, 5.74) is -1.11. The van der Waals surface area contributed by atoms with Gasteiger partial charge in [-0.05, 0) is 20.3 Å². The molecule has 0 aromatic rings. The summed E-state index contributed by atoms with van der Waals surface area (Å²) >= 11 is 0. The lowest BCUT2D eigenvalue weighted by molar-refractivity contribution is -0.0168. The molecule has 0 aromatic heterocycles. The van der Waals surface area contributed by atoms with Gasteiger partial charge < -0.3 is 4.74 Å². The van der Waals surface area contributed by atoms with Gasteiger partial charge in [0, 0.05) is 6.61 Å². The van der Waals surface area contributed by atoms with Gasteiger partial charge in [-0.2, -0.15) is 0 Å². The van der Waals surface area contributed by atoms with E-state index < -0.39 is 18.5 Å². The molecule has 0 aromatic carbocycles. The van der Waals surface area contributed by atoms with Gasteiger partial charge in [0.05, 0.1) is 18.7 Å². The molecule has 0 aliphatic heterocycles. The minimum Gasteiger partial charge on any atom is -0.380 e. The third-order valence-corrected chi connectivity index (χ3v) is 2.41. The molecule has 0 heterocycles. The van der Waals surface area contributed by atoms with Crippen LogP contribution in [-0.4, -0.2) is 26.3 Å². The van der Waals surface area contributed by atoms with Crippen LogP contribution in [0.2, 0.25) is 0 Å². The van der Waals surface area contributed by atoms with E-state index in [1.165, 1.54) is 6.08 Å². The third kappa shape index (κ3) is 4.00. The zero-order chi connectivity index (χ0) is 12.6. The van der Waals surface area contributed by atoms with Crippen LogP contribution in [0.4, 0.5) is 13.2 Å². The maximum Gasteiger partial charge on any atom is 0.253 e. The molecule has 0 radical (unpaired) electrons. The number of halogens is 3. The van der Waals surface area contributed by atoms with Crippen molar-refractivity contribution in [2.24, 2.45) is 5.41 Å². The van der Waals surface area contributed by atoms with Crippen LogP contribution in [0, 0.1) is 5.41 Å². The second-order valence-corrected chi connectivity index (χ2v) is 3.72. The van der Waals surface area contributed by atoms with Crippen LogP contribution in [0.5, 0.6) is 0 Å². The van der Waals surface area contributed by atoms with Crippen LogP contribution in [0.25, 0.3) is 0 Å². The van der Waals surface area contributed by atoms with E-state index in [9.17, 15) is 13.2 Å². The van der Waals surface area contributed by atoms with Crippen molar-refractivity contribution >= 4 is 0 Å². The van der Waals surface area contributed by atoms with Gasteiger partial charge in [0.15, 0.2) is 0 Å². The fraction of sp³-hybridized carbons (Fsp3) is 0.667. The standard InChI is InChI=1S/C12H19F3O/c1-4-6-12(10(2)3,11(14)15)9-16-8-5-7-13/h4,6,11H,2,5,7-9H2,1,3H3/b6-4+. The van der Waals surface area contributed by atoms with Crippen LogP contribution < -0.4 is 0 Å². The Morgan fingerprint density at radius 3 is 2.50 bits per heavy atom. The highest BCUT2D eigenvalue weighted by Crippen LogP contribution is 2.35. The molecule has 0 saturated heterocycles. The molecule has 0 aliphatic carbocycles. The molecule has 0 rings (SSSR count). The van der Waals surface area contributed by atoms with E-state index in [-0.39, 0.29) is 19.6 Å². The predicted octanol–water partition coefficient (Wildman–Crippen LogP) is 3.77. The monoisotopic (exact) mass is 236 g/mol. The Bertz CT molecular complexity index is 238. The van der Waals surface area contributed by atoms with Gasteiger partial charge in [-0.25, -0.2) is 8.78 Å². The summed E-state index contributed by atoms with van der Waals surface area (Å²) in [6.45, 7) is 6.28. The predicted molar refractivity (Wildman–Crippen MR) is 59.5 cm³/mol. The number of allylic oxidation sites excluding steroid dienone is 1. The molecule has 0 spiro atoms. The molecule has 0 bridgehead atoms. The van der Waals surface area contributed by atoms with Crippen molar-refractivity contribution in [3.63, 3.8) is 0 Å². The molecule has 16 heavy (non-hydrogen) atoms. The van der Waals surface area contributed by atoms with Crippen LogP contribution in [-0.2, 0) is 4.74 Å². The lowest BCUT2D eigenvalue weighted by Crippen LogP contribution is -2.34. The Morgan fingerprint density at radius 2 is 2.12 bits per heavy atom. The van der Waals surface area contributed by atoms with Gasteiger partial charge in [-0.3, -0.25) is 4.39 Å². The smallest absolute Gasteiger partial charge is 0.253 e. The first-order valence-electron chi connectivity index (χ1n) is 5.23. The van der Waals surface area contributed by atoms with Crippen molar-refractivity contribution in [2.75, 3.05) is 19.9 Å². The second-order valence-electron chi connectivity index (χ2n) is 3.72. The Balaban J connectivity index is 4.57. The molecular weight excluding hydrogens is 217 g/mol. The van der Waals surface area contributed by atoms with Crippen LogP contribution in [0.1, 0.15) is 20.3 Å². The highest BCUT2D eigenvalue weighted by atomic mass is 19.3. The minimum atomic E-state index is -2.58. The molecule has 4 heteroatoms. The number of hydrogen-bond acceptors (Lipinski definition) is 1. The topological polar surface area (TPSA) is 9.23 Å². The number of alkyl halides is 3. The van der Waals surface area contributed by atoms with E-state index in [2.05, 4.69) is 6.58 Å². The van der Waals surface area contributed by atoms with E-state index in [1.54, 1.807) is 19.9 Å². The van der Waals surface area contributed by atoms with Crippen molar-refractivity contribution in [3.8, 4) is 0 Å². The van der Waals surface area contributed by atoms with Gasteiger partial charge in [-0.15, -0.1) is 0 Å². The van der Waals surface area contributed by atoms with Gasteiger partial charge in [0.1, 0.15) is 0 Å². The number of rotatable bonds is 8. The quantitative estimate of drug-likeness (QED) is 0.460.